The number of rotatable bonds is 4. The Bertz CT molecular complexity index is 589. The van der Waals surface area contributed by atoms with Gasteiger partial charge in [-0.3, -0.25) is 4.79 Å². The maximum atomic E-state index is 12.2. The third-order valence-corrected chi connectivity index (χ3v) is 4.66. The molecule has 1 amide bonds. The predicted molar refractivity (Wildman–Crippen MR) is 86.5 cm³/mol. The monoisotopic (exact) mass is 348 g/mol. The first-order valence-electron chi connectivity index (χ1n) is 6.74. The zero-order valence-electron chi connectivity index (χ0n) is 12.1. The minimum absolute atomic E-state index is 0. The average molecular weight is 349 g/mol. The van der Waals surface area contributed by atoms with Gasteiger partial charge in [0, 0.05) is 38.6 Å². The zero-order chi connectivity index (χ0) is 15.5. The van der Waals surface area contributed by atoms with Crippen molar-refractivity contribution in [3.05, 3.63) is 35.9 Å². The molecular formula is C13H21ClN4O3S. The second-order valence-electron chi connectivity index (χ2n) is 5.05. The van der Waals surface area contributed by atoms with Gasteiger partial charge >= 0.3 is 0 Å². The highest BCUT2D eigenvalue weighted by Gasteiger charge is 2.27. The highest BCUT2D eigenvalue weighted by molar-refractivity contribution is 7.86. The molecule has 0 saturated carbocycles. The second-order valence-corrected chi connectivity index (χ2v) is 6.59. The van der Waals surface area contributed by atoms with Gasteiger partial charge in [-0.1, -0.05) is 30.3 Å². The number of nitrogens with two attached hydrogens (primary N) is 2. The third-order valence-electron chi connectivity index (χ3n) is 3.57. The van der Waals surface area contributed by atoms with Crippen LogP contribution in [0.5, 0.6) is 0 Å². The fourth-order valence-electron chi connectivity index (χ4n) is 2.33. The maximum Gasteiger partial charge on any atom is 0.277 e. The Morgan fingerprint density at radius 1 is 1.14 bits per heavy atom. The quantitative estimate of drug-likeness (QED) is 0.788. The van der Waals surface area contributed by atoms with Crippen LogP contribution in [0.3, 0.4) is 0 Å². The number of carbonyl (C=O) groups excluding carboxylic acids is 1. The van der Waals surface area contributed by atoms with Crippen molar-refractivity contribution in [3.63, 3.8) is 0 Å². The van der Waals surface area contributed by atoms with E-state index >= 15 is 0 Å². The van der Waals surface area contributed by atoms with Crippen molar-refractivity contribution in [2.45, 2.75) is 12.5 Å². The Labute approximate surface area is 136 Å². The normalized spacial score (nSPS) is 17.6. The summed E-state index contributed by atoms with van der Waals surface area (Å²) in [6.45, 7) is 1.14. The van der Waals surface area contributed by atoms with Crippen molar-refractivity contribution in [2.24, 2.45) is 10.9 Å². The minimum atomic E-state index is -3.67. The van der Waals surface area contributed by atoms with E-state index in [1.54, 1.807) is 4.90 Å². The largest absolute Gasteiger partial charge is 0.340 e. The molecule has 2 rings (SSSR count). The molecule has 1 atom stereocenters. The molecule has 1 unspecified atom stereocenters. The van der Waals surface area contributed by atoms with E-state index in [2.05, 4.69) is 0 Å². The molecule has 0 aromatic heterocycles. The van der Waals surface area contributed by atoms with Crippen molar-refractivity contribution in [2.75, 3.05) is 26.2 Å². The van der Waals surface area contributed by atoms with E-state index in [0.29, 0.717) is 13.1 Å². The topological polar surface area (TPSA) is 110 Å². The lowest BCUT2D eigenvalue weighted by Crippen LogP contribution is -2.52. The van der Waals surface area contributed by atoms with Crippen LogP contribution >= 0.6 is 12.4 Å². The van der Waals surface area contributed by atoms with Crippen LogP contribution in [0.2, 0.25) is 0 Å². The van der Waals surface area contributed by atoms with E-state index in [1.807, 2.05) is 30.3 Å². The maximum absolute atomic E-state index is 12.2. The number of carbonyl (C=O) groups is 1. The molecule has 1 saturated heterocycles. The fraction of sp³-hybridized carbons (Fsp3) is 0.462. The first-order chi connectivity index (χ1) is 9.88. The van der Waals surface area contributed by atoms with Crippen LogP contribution < -0.4 is 10.9 Å². The van der Waals surface area contributed by atoms with Crippen molar-refractivity contribution < 1.29 is 13.2 Å². The van der Waals surface area contributed by atoms with Gasteiger partial charge in [0.05, 0.1) is 0 Å². The lowest BCUT2D eigenvalue weighted by Gasteiger charge is -2.33. The Morgan fingerprint density at radius 2 is 1.68 bits per heavy atom. The highest BCUT2D eigenvalue weighted by Crippen LogP contribution is 2.15. The molecule has 7 nitrogen and oxygen atoms in total. The van der Waals surface area contributed by atoms with Crippen LogP contribution in [0.1, 0.15) is 18.0 Å². The molecule has 124 valence electrons. The summed E-state index contributed by atoms with van der Waals surface area (Å²) in [7, 11) is -3.67. The summed E-state index contributed by atoms with van der Waals surface area (Å²) in [5, 5.41) is 5.06. The summed E-state index contributed by atoms with van der Waals surface area (Å²) >= 11 is 0. The Balaban J connectivity index is 0.00000242. The smallest absolute Gasteiger partial charge is 0.277 e. The molecule has 1 aromatic carbocycles. The van der Waals surface area contributed by atoms with Gasteiger partial charge in [-0.2, -0.15) is 12.7 Å². The summed E-state index contributed by atoms with van der Waals surface area (Å²) in [6, 6.07) is 9.07. The summed E-state index contributed by atoms with van der Waals surface area (Å²) < 4.78 is 23.6. The number of hydrogen-bond donors (Lipinski definition) is 2. The highest BCUT2D eigenvalue weighted by atomic mass is 35.5. The molecule has 0 bridgehead atoms. The van der Waals surface area contributed by atoms with E-state index in [4.69, 9.17) is 10.9 Å². The molecule has 0 aliphatic carbocycles. The van der Waals surface area contributed by atoms with Crippen LogP contribution in [-0.4, -0.2) is 49.7 Å². The lowest BCUT2D eigenvalue weighted by atomic mass is 10.0. The summed E-state index contributed by atoms with van der Waals surface area (Å²) in [6.07, 6.45) is 0.208. The van der Waals surface area contributed by atoms with E-state index < -0.39 is 10.2 Å². The lowest BCUT2D eigenvalue weighted by molar-refractivity contribution is -0.132. The van der Waals surface area contributed by atoms with Crippen LogP contribution in [0.15, 0.2) is 30.3 Å². The molecule has 1 aromatic rings. The molecular weight excluding hydrogens is 328 g/mol. The number of piperazine rings is 1. The van der Waals surface area contributed by atoms with Crippen LogP contribution in [0.4, 0.5) is 0 Å². The Kier molecular flexibility index (Phi) is 6.76. The van der Waals surface area contributed by atoms with Crippen LogP contribution in [-0.2, 0) is 15.0 Å². The number of halogens is 1. The van der Waals surface area contributed by atoms with Crippen molar-refractivity contribution in [1.29, 1.82) is 0 Å². The first kappa shape index (κ1) is 18.9. The van der Waals surface area contributed by atoms with E-state index in [0.717, 1.165) is 5.56 Å². The standard InChI is InChI=1S/C13H20N4O3S.ClH/c14-12(11-4-2-1-3-5-11)10-13(18)16-6-8-17(9-7-16)21(15,19)20;/h1-5,12H,6-10,14H2,(H2,15,19,20);1H. The zero-order valence-corrected chi connectivity index (χ0v) is 13.7. The van der Waals surface area contributed by atoms with Gasteiger partial charge in [0.2, 0.25) is 5.91 Å². The number of amides is 1. The van der Waals surface area contributed by atoms with Gasteiger partial charge in [-0.15, -0.1) is 12.4 Å². The first-order valence-corrected chi connectivity index (χ1v) is 8.24. The molecule has 1 heterocycles. The molecule has 0 radical (unpaired) electrons. The molecule has 9 heteroatoms. The summed E-state index contributed by atoms with van der Waals surface area (Å²) in [5.74, 6) is -0.0691. The molecule has 1 aliphatic rings. The van der Waals surface area contributed by atoms with Gasteiger partial charge < -0.3 is 10.6 Å². The van der Waals surface area contributed by atoms with Crippen molar-refractivity contribution >= 4 is 28.5 Å². The minimum Gasteiger partial charge on any atom is -0.340 e. The SMILES string of the molecule is Cl.NC(CC(=O)N1CCN(S(N)(=O)=O)CC1)c1ccccc1. The molecule has 1 fully saturated rings. The average Bonchev–Trinajstić information content (AvgIpc) is 2.47. The van der Waals surface area contributed by atoms with Gasteiger partial charge in [-0.25, -0.2) is 5.14 Å². The predicted octanol–water partition coefficient (Wildman–Crippen LogP) is -0.154. The van der Waals surface area contributed by atoms with Gasteiger partial charge in [0.25, 0.3) is 10.2 Å². The van der Waals surface area contributed by atoms with E-state index in [-0.39, 0.29) is 43.9 Å². The van der Waals surface area contributed by atoms with E-state index in [9.17, 15) is 13.2 Å². The van der Waals surface area contributed by atoms with Gasteiger partial charge in [0.15, 0.2) is 0 Å². The summed E-state index contributed by atoms with van der Waals surface area (Å²) in [4.78, 5) is 13.8. The number of nitrogens with zero attached hydrogens (tertiary/aromatic N) is 2. The van der Waals surface area contributed by atoms with Crippen LogP contribution in [0.25, 0.3) is 0 Å². The summed E-state index contributed by atoms with van der Waals surface area (Å²) in [5.41, 5.74) is 6.94. The Morgan fingerprint density at radius 3 is 2.18 bits per heavy atom. The van der Waals surface area contributed by atoms with E-state index in [1.165, 1.54) is 4.31 Å². The third kappa shape index (κ3) is 4.92. The van der Waals surface area contributed by atoms with Crippen molar-refractivity contribution in [3.8, 4) is 0 Å². The molecule has 0 spiro atoms. The molecule has 22 heavy (non-hydrogen) atoms. The number of hydrogen-bond acceptors (Lipinski definition) is 4. The van der Waals surface area contributed by atoms with Gasteiger partial charge in [0.1, 0.15) is 0 Å². The number of benzene rings is 1. The molecule has 4 N–H and O–H groups in total. The van der Waals surface area contributed by atoms with Crippen LogP contribution in [0, 0.1) is 0 Å². The fourth-order valence-corrected chi connectivity index (χ4v) is 3.00. The van der Waals surface area contributed by atoms with Crippen molar-refractivity contribution in [1.82, 2.24) is 9.21 Å². The Hall–Kier alpha value is -1.19. The second kappa shape index (κ2) is 7.89. The van der Waals surface area contributed by atoms with Gasteiger partial charge in [-0.05, 0) is 5.56 Å². The molecule has 1 aliphatic heterocycles.